The summed E-state index contributed by atoms with van der Waals surface area (Å²) < 4.78 is 13.9. The van der Waals surface area contributed by atoms with E-state index in [1.165, 1.54) is 32.0 Å². The summed E-state index contributed by atoms with van der Waals surface area (Å²) in [5.74, 6) is 0.0396. The molecule has 0 fully saturated rings. The van der Waals surface area contributed by atoms with E-state index in [4.69, 9.17) is 21.1 Å². The number of halogens is 1. The summed E-state index contributed by atoms with van der Waals surface area (Å²) in [4.78, 5) is 17.7. The quantitative estimate of drug-likeness (QED) is 0.474. The van der Waals surface area contributed by atoms with E-state index < -0.39 is 5.97 Å². The zero-order valence-electron chi connectivity index (χ0n) is 12.2. The molecule has 2 aromatic rings. The van der Waals surface area contributed by atoms with Gasteiger partial charge in [0.2, 0.25) is 5.13 Å². The van der Waals surface area contributed by atoms with Crippen molar-refractivity contribution in [2.24, 2.45) is 0 Å². The predicted octanol–water partition coefficient (Wildman–Crippen LogP) is 2.96. The van der Waals surface area contributed by atoms with Crippen molar-refractivity contribution in [2.45, 2.75) is 0 Å². The van der Waals surface area contributed by atoms with Crippen molar-refractivity contribution in [3.8, 4) is 11.4 Å². The molecule has 2 rings (SSSR count). The molecule has 0 atom stereocenters. The molecular formula is C14H14ClN3O3S. The van der Waals surface area contributed by atoms with Crippen LogP contribution >= 0.6 is 23.1 Å². The number of hydrogen-bond donors (Lipinski definition) is 0. The number of rotatable bonds is 5. The second kappa shape index (κ2) is 7.24. The topological polar surface area (TPSA) is 64.6 Å². The van der Waals surface area contributed by atoms with Gasteiger partial charge in [0.1, 0.15) is 6.26 Å². The highest BCUT2D eigenvalue weighted by atomic mass is 35.5. The first kappa shape index (κ1) is 16.3. The maximum atomic E-state index is 11.8. The van der Waals surface area contributed by atoms with Gasteiger partial charge in [-0.1, -0.05) is 11.6 Å². The highest BCUT2D eigenvalue weighted by Crippen LogP contribution is 2.26. The van der Waals surface area contributed by atoms with Crippen LogP contribution < -0.4 is 4.90 Å². The van der Waals surface area contributed by atoms with Crippen molar-refractivity contribution in [2.75, 3.05) is 26.2 Å². The lowest BCUT2D eigenvalue weighted by molar-refractivity contribution is -0.136. The first-order valence-corrected chi connectivity index (χ1v) is 7.36. The van der Waals surface area contributed by atoms with Gasteiger partial charge in [0.05, 0.1) is 14.2 Å². The summed E-state index contributed by atoms with van der Waals surface area (Å²) in [7, 11) is 4.45. The van der Waals surface area contributed by atoms with E-state index in [0.29, 0.717) is 16.0 Å². The van der Waals surface area contributed by atoms with Crippen molar-refractivity contribution >= 4 is 34.2 Å². The smallest absolute Gasteiger partial charge is 0.357 e. The Morgan fingerprint density at radius 3 is 2.59 bits per heavy atom. The molecule has 1 aromatic heterocycles. The van der Waals surface area contributed by atoms with Crippen LogP contribution in [0.3, 0.4) is 0 Å². The number of carbonyl (C=O) groups is 1. The Morgan fingerprint density at radius 1 is 1.32 bits per heavy atom. The van der Waals surface area contributed by atoms with Gasteiger partial charge in [-0.2, -0.15) is 9.36 Å². The Bertz CT molecular complexity index is 685. The molecule has 0 unspecified atom stereocenters. The third kappa shape index (κ3) is 3.55. The molecule has 22 heavy (non-hydrogen) atoms. The fourth-order valence-corrected chi connectivity index (χ4v) is 2.44. The number of nitrogens with zero attached hydrogens (tertiary/aromatic N) is 3. The first-order valence-electron chi connectivity index (χ1n) is 6.21. The summed E-state index contributed by atoms with van der Waals surface area (Å²) in [6.07, 6.45) is 1.30. The van der Waals surface area contributed by atoms with Gasteiger partial charge in [-0.3, -0.25) is 0 Å². The number of hydrogen-bond acceptors (Lipinski definition) is 7. The molecule has 8 heteroatoms. The van der Waals surface area contributed by atoms with Crippen LogP contribution in [0, 0.1) is 0 Å². The van der Waals surface area contributed by atoms with Crippen LogP contribution in [-0.4, -0.2) is 36.6 Å². The molecule has 0 N–H and O–H groups in total. The predicted molar refractivity (Wildman–Crippen MR) is 85.9 cm³/mol. The van der Waals surface area contributed by atoms with Crippen molar-refractivity contribution < 1.29 is 14.3 Å². The van der Waals surface area contributed by atoms with E-state index in [1.54, 1.807) is 24.1 Å². The highest BCUT2D eigenvalue weighted by molar-refractivity contribution is 7.10. The number of ether oxygens (including phenoxy) is 2. The van der Waals surface area contributed by atoms with E-state index in [-0.39, 0.29) is 5.70 Å². The maximum absolute atomic E-state index is 11.8. The normalized spacial score (nSPS) is 11.2. The van der Waals surface area contributed by atoms with Crippen LogP contribution in [0.25, 0.3) is 11.4 Å². The molecule has 1 aromatic carbocycles. The molecule has 0 aliphatic rings. The fraction of sp³-hybridized carbons (Fsp3) is 0.214. The van der Waals surface area contributed by atoms with Crippen LogP contribution in [0.1, 0.15) is 0 Å². The number of likely N-dealkylation sites (N-methyl/N-ethyl adjacent to an activating group) is 1. The Hall–Kier alpha value is -2.12. The molecule has 6 nitrogen and oxygen atoms in total. The Morgan fingerprint density at radius 2 is 2.00 bits per heavy atom. The van der Waals surface area contributed by atoms with Crippen LogP contribution in [0.2, 0.25) is 5.02 Å². The fourth-order valence-electron chi connectivity index (χ4n) is 1.65. The highest BCUT2D eigenvalue weighted by Gasteiger charge is 2.20. The Balaban J connectivity index is 2.28. The second-order valence-corrected chi connectivity index (χ2v) is 5.36. The minimum atomic E-state index is -0.521. The molecule has 0 saturated heterocycles. The molecule has 0 radical (unpaired) electrons. The third-order valence-corrected chi connectivity index (χ3v) is 3.83. The van der Waals surface area contributed by atoms with Gasteiger partial charge >= 0.3 is 5.97 Å². The zero-order valence-corrected chi connectivity index (χ0v) is 13.8. The average molecular weight is 340 g/mol. The number of anilines is 1. The largest absolute Gasteiger partial charge is 0.502 e. The summed E-state index contributed by atoms with van der Waals surface area (Å²) in [6, 6.07) is 7.21. The lowest BCUT2D eigenvalue weighted by Gasteiger charge is -2.16. The van der Waals surface area contributed by atoms with Crippen LogP contribution in [0.15, 0.2) is 36.2 Å². The van der Waals surface area contributed by atoms with E-state index in [1.807, 2.05) is 12.1 Å². The van der Waals surface area contributed by atoms with E-state index >= 15 is 0 Å². The van der Waals surface area contributed by atoms with Gasteiger partial charge in [-0.25, -0.2) is 4.79 Å². The van der Waals surface area contributed by atoms with Gasteiger partial charge in [-0.15, -0.1) is 0 Å². The number of esters is 1. The standard InChI is InChI=1S/C14H14ClN3O3S/c1-18(11(8-20-2)13(19)21-3)14-16-12(17-22-14)9-4-6-10(15)7-5-9/h4-8H,1-3H3. The summed E-state index contributed by atoms with van der Waals surface area (Å²) >= 11 is 7.03. The molecule has 0 aliphatic carbocycles. The molecule has 0 amide bonds. The minimum Gasteiger partial charge on any atom is -0.502 e. The number of aromatic nitrogens is 2. The first-order chi connectivity index (χ1) is 10.6. The number of carbonyl (C=O) groups excluding carboxylic acids is 1. The third-order valence-electron chi connectivity index (χ3n) is 2.79. The molecule has 0 bridgehead atoms. The van der Waals surface area contributed by atoms with Crippen molar-refractivity contribution in [1.29, 1.82) is 0 Å². The van der Waals surface area contributed by atoms with Crippen LogP contribution in [-0.2, 0) is 14.3 Å². The van der Waals surface area contributed by atoms with E-state index in [2.05, 4.69) is 9.36 Å². The monoisotopic (exact) mass is 339 g/mol. The SMILES string of the molecule is COC=C(C(=O)OC)N(C)c1nc(-c2ccc(Cl)cc2)ns1. The second-order valence-electron chi connectivity index (χ2n) is 4.20. The lowest BCUT2D eigenvalue weighted by atomic mass is 10.2. The van der Waals surface area contributed by atoms with Gasteiger partial charge in [-0.05, 0) is 24.3 Å². The van der Waals surface area contributed by atoms with Gasteiger partial charge < -0.3 is 14.4 Å². The van der Waals surface area contributed by atoms with Gasteiger partial charge in [0, 0.05) is 29.2 Å². The van der Waals surface area contributed by atoms with Crippen LogP contribution in [0.5, 0.6) is 0 Å². The molecule has 1 heterocycles. The average Bonchev–Trinajstić information content (AvgIpc) is 3.02. The van der Waals surface area contributed by atoms with Gasteiger partial charge in [0.25, 0.3) is 0 Å². The van der Waals surface area contributed by atoms with Crippen LogP contribution in [0.4, 0.5) is 5.13 Å². The Labute approximate surface area is 137 Å². The molecule has 0 saturated carbocycles. The number of methoxy groups -OCH3 is 2. The van der Waals surface area contributed by atoms with E-state index in [9.17, 15) is 4.79 Å². The van der Waals surface area contributed by atoms with E-state index in [0.717, 1.165) is 5.56 Å². The lowest BCUT2D eigenvalue weighted by Crippen LogP contribution is -2.24. The summed E-state index contributed by atoms with van der Waals surface area (Å²) in [5, 5.41) is 1.19. The summed E-state index contributed by atoms with van der Waals surface area (Å²) in [5.41, 5.74) is 1.07. The zero-order chi connectivity index (χ0) is 16.1. The van der Waals surface area contributed by atoms with Gasteiger partial charge in [0.15, 0.2) is 11.5 Å². The van der Waals surface area contributed by atoms with Crippen molar-refractivity contribution in [3.05, 3.63) is 41.2 Å². The van der Waals surface area contributed by atoms with Crippen molar-refractivity contribution in [1.82, 2.24) is 9.36 Å². The maximum Gasteiger partial charge on any atom is 0.357 e. The number of benzene rings is 1. The van der Waals surface area contributed by atoms with Crippen molar-refractivity contribution in [3.63, 3.8) is 0 Å². The molecule has 116 valence electrons. The Kier molecular flexibility index (Phi) is 5.35. The molecular weight excluding hydrogens is 326 g/mol. The summed E-state index contributed by atoms with van der Waals surface area (Å²) in [6.45, 7) is 0. The molecule has 0 spiro atoms. The molecule has 0 aliphatic heterocycles. The minimum absolute atomic E-state index is 0.226.